The largest absolute Gasteiger partial charge is 0.394 e. The number of rotatable bonds is 18. The van der Waals surface area contributed by atoms with Gasteiger partial charge in [0.1, 0.15) is 146 Å². The van der Waals surface area contributed by atoms with Gasteiger partial charge in [0, 0.05) is 13.8 Å². The second kappa shape index (κ2) is 26.0. The summed E-state index contributed by atoms with van der Waals surface area (Å²) in [7, 11) is 0. The molecule has 20 N–H and O–H groups in total. The summed E-state index contributed by atoms with van der Waals surface area (Å²) in [6.07, 6.45) is -53.5. The minimum Gasteiger partial charge on any atom is -0.394 e. The maximum absolute atomic E-state index is 12.6. The Balaban J connectivity index is 1.26. The number of aliphatic hydroxyl groups excluding tert-OH is 18. The Hall–Kier alpha value is -2.22. The lowest BCUT2D eigenvalue weighted by atomic mass is 9.94. The van der Waals surface area contributed by atoms with Crippen LogP contribution in [0.15, 0.2) is 0 Å². The van der Waals surface area contributed by atoms with Gasteiger partial charge in [-0.15, -0.1) is 0 Å². The van der Waals surface area contributed by atoms with Crippen LogP contribution in [0.4, 0.5) is 0 Å². The molecular weight excluding hydrogens is 1000 g/mol. The average molecular weight is 1070 g/mol. The van der Waals surface area contributed by atoms with Gasteiger partial charge in [0.25, 0.3) is 0 Å². The van der Waals surface area contributed by atoms with Gasteiger partial charge in [-0.05, 0) is 0 Å². The molecule has 6 aliphatic rings. The van der Waals surface area contributed by atoms with Gasteiger partial charge in [-0.1, -0.05) is 0 Å². The molecular formula is C40H68N2O31. The van der Waals surface area contributed by atoms with Gasteiger partial charge in [0.05, 0.1) is 39.6 Å². The third kappa shape index (κ3) is 13.0. The quantitative estimate of drug-likeness (QED) is 0.0606. The van der Waals surface area contributed by atoms with E-state index in [1.807, 2.05) is 0 Å². The van der Waals surface area contributed by atoms with Crippen molar-refractivity contribution in [3.05, 3.63) is 0 Å². The van der Waals surface area contributed by atoms with E-state index >= 15 is 0 Å². The molecule has 6 saturated heterocycles. The molecule has 0 radical (unpaired) electrons. The van der Waals surface area contributed by atoms with Gasteiger partial charge in [0.2, 0.25) is 11.8 Å². The number of hydrogen-bond acceptors (Lipinski definition) is 31. The van der Waals surface area contributed by atoms with Crippen molar-refractivity contribution in [3.63, 3.8) is 0 Å². The Morgan fingerprint density at radius 2 is 0.699 bits per heavy atom. The van der Waals surface area contributed by atoms with Crippen LogP contribution < -0.4 is 10.6 Å². The maximum atomic E-state index is 12.6. The smallest absolute Gasteiger partial charge is 0.217 e. The molecule has 0 saturated carbocycles. The van der Waals surface area contributed by atoms with Crippen LogP contribution in [0.2, 0.25) is 0 Å². The van der Waals surface area contributed by atoms with E-state index in [2.05, 4.69) is 10.6 Å². The summed E-state index contributed by atoms with van der Waals surface area (Å²) in [6.45, 7) is -3.62. The zero-order chi connectivity index (χ0) is 53.9. The van der Waals surface area contributed by atoms with Gasteiger partial charge >= 0.3 is 0 Å². The van der Waals surface area contributed by atoms with Crippen LogP contribution in [-0.2, 0) is 61.7 Å². The standard InChI is InChI=1S/C40H68N2O31/c1-9(48)41-17-23(54)31(14(6-46)64-35(17)62)70-36-18(42-10(2)49)24(55)32(15(7-47)68-36)71-40-30(61)34(73-39-28(59)26(57)20(51)12(4-44)67-39)22(53)16(69-40)8-63-37-29(60)33(21(52)13(5-45)65-37)72-38-27(58)25(56)19(50)11(3-43)66-38/h11-40,43-47,50-62H,3-8H2,1-2H3,(H,41,48)(H,42,49). The third-order valence-corrected chi connectivity index (χ3v) is 13.2. The van der Waals surface area contributed by atoms with Crippen molar-refractivity contribution >= 4 is 11.8 Å². The Bertz CT molecular complexity index is 1750. The molecule has 30 unspecified atom stereocenters. The molecule has 30 atom stereocenters. The molecule has 73 heavy (non-hydrogen) atoms. The second-order valence-electron chi connectivity index (χ2n) is 18.3. The third-order valence-electron chi connectivity index (χ3n) is 13.2. The molecule has 2 amide bonds. The summed E-state index contributed by atoms with van der Waals surface area (Å²) in [5.41, 5.74) is 0. The number of hydrogen-bond donors (Lipinski definition) is 20. The van der Waals surface area contributed by atoms with Crippen molar-refractivity contribution in [1.82, 2.24) is 10.6 Å². The van der Waals surface area contributed by atoms with Crippen LogP contribution >= 0.6 is 0 Å². The zero-order valence-electron chi connectivity index (χ0n) is 38.9. The first-order chi connectivity index (χ1) is 34.5. The molecule has 0 aromatic heterocycles. The number of ether oxygens (including phenoxy) is 11. The summed E-state index contributed by atoms with van der Waals surface area (Å²) in [5, 5.41) is 197. The van der Waals surface area contributed by atoms with Crippen LogP contribution in [0.3, 0.4) is 0 Å². The normalized spacial score (nSPS) is 49.8. The highest BCUT2D eigenvalue weighted by Crippen LogP contribution is 2.36. The van der Waals surface area contributed by atoms with Crippen LogP contribution in [0.25, 0.3) is 0 Å². The van der Waals surface area contributed by atoms with Crippen molar-refractivity contribution in [1.29, 1.82) is 0 Å². The Labute approximate surface area is 413 Å². The molecule has 0 bridgehead atoms. The fourth-order valence-electron chi connectivity index (χ4n) is 9.21. The fourth-order valence-corrected chi connectivity index (χ4v) is 9.21. The van der Waals surface area contributed by atoms with Crippen molar-refractivity contribution in [2.45, 2.75) is 198 Å². The highest BCUT2D eigenvalue weighted by atomic mass is 16.8. The van der Waals surface area contributed by atoms with E-state index in [-0.39, 0.29) is 0 Å². The fraction of sp³-hybridized carbons (Fsp3) is 0.950. The highest BCUT2D eigenvalue weighted by molar-refractivity contribution is 5.73. The number of aliphatic hydroxyl groups is 18. The lowest BCUT2D eigenvalue weighted by Crippen LogP contribution is -2.70. The minimum atomic E-state index is -2.27. The molecule has 6 aliphatic heterocycles. The number of amides is 2. The molecule has 0 aliphatic carbocycles. The number of carbonyl (C=O) groups excluding carboxylic acids is 2. The van der Waals surface area contributed by atoms with Crippen molar-refractivity contribution < 1.29 is 154 Å². The zero-order valence-corrected chi connectivity index (χ0v) is 38.9. The Kier molecular flexibility index (Phi) is 21.3. The van der Waals surface area contributed by atoms with Gasteiger partial charge in [0.15, 0.2) is 37.7 Å². The van der Waals surface area contributed by atoms with Gasteiger partial charge in [-0.25, -0.2) is 0 Å². The minimum absolute atomic E-state index is 0.716. The molecule has 6 rings (SSSR count). The van der Waals surface area contributed by atoms with E-state index in [0.29, 0.717) is 0 Å². The van der Waals surface area contributed by atoms with E-state index in [4.69, 9.17) is 52.1 Å². The van der Waals surface area contributed by atoms with Crippen LogP contribution in [0.5, 0.6) is 0 Å². The van der Waals surface area contributed by atoms with Crippen LogP contribution in [-0.4, -0.2) is 327 Å². The summed E-state index contributed by atoms with van der Waals surface area (Å²) in [5.74, 6) is -1.55. The SMILES string of the molecule is CC(=O)NC1C(O)OC(CO)C(OC2OC(CO)C(OC3OC(COC4OC(CO)C(O)C(OC5OC(CO)C(O)C(O)C5O)C4O)C(O)C(OC4OC(CO)C(O)C(O)C4O)C3O)C(O)C2NC(C)=O)C1O. The number of nitrogens with one attached hydrogen (secondary N) is 2. The predicted octanol–water partition coefficient (Wildman–Crippen LogP) is -13.8. The monoisotopic (exact) mass is 1070 g/mol. The van der Waals surface area contributed by atoms with E-state index in [9.17, 15) is 102 Å². The molecule has 0 aromatic carbocycles. The van der Waals surface area contributed by atoms with Crippen molar-refractivity contribution in [3.8, 4) is 0 Å². The summed E-state index contributed by atoms with van der Waals surface area (Å²) in [4.78, 5) is 24.4. The first-order valence-corrected chi connectivity index (χ1v) is 23.1. The predicted molar refractivity (Wildman–Crippen MR) is 222 cm³/mol. The average Bonchev–Trinajstić information content (AvgIpc) is 3.35. The van der Waals surface area contributed by atoms with Gasteiger partial charge < -0.3 is 155 Å². The van der Waals surface area contributed by atoms with Gasteiger partial charge in [-0.3, -0.25) is 9.59 Å². The van der Waals surface area contributed by atoms with E-state index in [0.717, 1.165) is 13.8 Å². The lowest BCUT2D eigenvalue weighted by molar-refractivity contribution is -0.386. The summed E-state index contributed by atoms with van der Waals surface area (Å²) in [6, 6.07) is -3.28. The molecule has 33 nitrogen and oxygen atoms in total. The first kappa shape index (κ1) is 60.0. The summed E-state index contributed by atoms with van der Waals surface area (Å²) >= 11 is 0. The van der Waals surface area contributed by atoms with Crippen molar-refractivity contribution in [2.24, 2.45) is 0 Å². The molecule has 424 valence electrons. The Morgan fingerprint density at radius 1 is 0.356 bits per heavy atom. The molecule has 33 heteroatoms. The molecule has 6 fully saturated rings. The first-order valence-electron chi connectivity index (χ1n) is 23.1. The van der Waals surface area contributed by atoms with Crippen LogP contribution in [0, 0.1) is 0 Å². The van der Waals surface area contributed by atoms with Gasteiger partial charge in [-0.2, -0.15) is 0 Å². The highest BCUT2D eigenvalue weighted by Gasteiger charge is 2.57. The molecule has 0 aromatic rings. The second-order valence-corrected chi connectivity index (χ2v) is 18.3. The Morgan fingerprint density at radius 3 is 1.18 bits per heavy atom. The molecule has 0 spiro atoms. The topological polar surface area (TPSA) is 524 Å². The van der Waals surface area contributed by atoms with Crippen molar-refractivity contribution in [2.75, 3.05) is 39.6 Å². The summed E-state index contributed by atoms with van der Waals surface area (Å²) < 4.78 is 62.5. The number of carbonyl (C=O) groups is 2. The van der Waals surface area contributed by atoms with E-state index in [1.165, 1.54) is 0 Å². The maximum Gasteiger partial charge on any atom is 0.217 e. The van der Waals surface area contributed by atoms with E-state index in [1.54, 1.807) is 0 Å². The lowest BCUT2D eigenvalue weighted by Gasteiger charge is -2.50. The van der Waals surface area contributed by atoms with E-state index < -0.39 is 236 Å². The molecule has 6 heterocycles. The van der Waals surface area contributed by atoms with Crippen LogP contribution in [0.1, 0.15) is 13.8 Å².